The van der Waals surface area contributed by atoms with Gasteiger partial charge in [-0.05, 0) is 43.9 Å². The summed E-state index contributed by atoms with van der Waals surface area (Å²) in [5.74, 6) is 1.62. The number of rotatable bonds is 3. The first-order valence-corrected chi connectivity index (χ1v) is 7.52. The Morgan fingerprint density at radius 1 is 1.20 bits per heavy atom. The van der Waals surface area contributed by atoms with Crippen LogP contribution in [0.2, 0.25) is 0 Å². The highest BCUT2D eigenvalue weighted by molar-refractivity contribution is 5.87. The number of anilines is 1. The van der Waals surface area contributed by atoms with Crippen molar-refractivity contribution in [2.75, 3.05) is 12.3 Å². The second kappa shape index (κ2) is 5.70. The summed E-state index contributed by atoms with van der Waals surface area (Å²) in [7, 11) is 0. The average molecular weight is 270 g/mol. The van der Waals surface area contributed by atoms with E-state index in [0.717, 1.165) is 34.6 Å². The van der Waals surface area contributed by atoms with Crippen molar-refractivity contribution in [2.45, 2.75) is 39.0 Å². The second-order valence-electron chi connectivity index (χ2n) is 5.85. The van der Waals surface area contributed by atoms with Gasteiger partial charge in [-0.2, -0.15) is 0 Å². The number of hydrogen-bond acceptors (Lipinski definition) is 3. The summed E-state index contributed by atoms with van der Waals surface area (Å²) in [5.41, 5.74) is 8.58. The number of nitrogen functional groups attached to an aromatic ring is 1. The number of hydrogen-bond donors (Lipinski definition) is 1. The van der Waals surface area contributed by atoms with Crippen molar-refractivity contribution in [3.63, 3.8) is 0 Å². The maximum Gasteiger partial charge on any atom is 0.130 e. The van der Waals surface area contributed by atoms with E-state index < -0.39 is 0 Å². The van der Waals surface area contributed by atoms with Gasteiger partial charge in [0.25, 0.3) is 0 Å². The van der Waals surface area contributed by atoms with E-state index in [-0.39, 0.29) is 0 Å². The van der Waals surface area contributed by atoms with Crippen molar-refractivity contribution < 1.29 is 4.74 Å². The number of aryl methyl sites for hydroxylation is 1. The van der Waals surface area contributed by atoms with E-state index in [2.05, 4.69) is 4.98 Å². The topological polar surface area (TPSA) is 48.1 Å². The zero-order chi connectivity index (χ0) is 13.9. The van der Waals surface area contributed by atoms with Gasteiger partial charge in [0.05, 0.1) is 12.1 Å². The first-order valence-electron chi connectivity index (χ1n) is 7.52. The average Bonchev–Trinajstić information content (AvgIpc) is 2.46. The monoisotopic (exact) mass is 270 g/mol. The molecule has 20 heavy (non-hydrogen) atoms. The lowest BCUT2D eigenvalue weighted by Gasteiger charge is -2.22. The van der Waals surface area contributed by atoms with Crippen LogP contribution in [0.5, 0.6) is 5.75 Å². The van der Waals surface area contributed by atoms with E-state index in [4.69, 9.17) is 10.5 Å². The van der Waals surface area contributed by atoms with Gasteiger partial charge in [-0.15, -0.1) is 0 Å². The first-order chi connectivity index (χ1) is 9.72. The molecule has 0 unspecified atom stereocenters. The van der Waals surface area contributed by atoms with Crippen LogP contribution in [-0.4, -0.2) is 11.6 Å². The minimum absolute atomic E-state index is 0.702. The van der Waals surface area contributed by atoms with Crippen LogP contribution in [0.3, 0.4) is 0 Å². The third kappa shape index (κ3) is 2.87. The van der Waals surface area contributed by atoms with Crippen LogP contribution in [0.1, 0.15) is 37.8 Å². The van der Waals surface area contributed by atoms with Crippen molar-refractivity contribution in [3.05, 3.63) is 30.0 Å². The summed E-state index contributed by atoms with van der Waals surface area (Å²) in [5, 5.41) is 1.02. The van der Waals surface area contributed by atoms with E-state index in [9.17, 15) is 0 Å². The van der Waals surface area contributed by atoms with E-state index in [0.29, 0.717) is 5.92 Å². The smallest absolute Gasteiger partial charge is 0.130 e. The summed E-state index contributed by atoms with van der Waals surface area (Å²) >= 11 is 0. The quantitative estimate of drug-likeness (QED) is 0.855. The minimum atomic E-state index is 0.702. The Kier molecular flexibility index (Phi) is 3.77. The van der Waals surface area contributed by atoms with E-state index >= 15 is 0 Å². The van der Waals surface area contributed by atoms with E-state index in [1.165, 1.54) is 32.1 Å². The number of pyridine rings is 1. The lowest BCUT2D eigenvalue weighted by Crippen LogP contribution is -2.15. The van der Waals surface area contributed by atoms with E-state index in [1.807, 2.05) is 31.2 Å². The molecule has 1 aliphatic carbocycles. The van der Waals surface area contributed by atoms with E-state index in [1.54, 1.807) is 0 Å². The SMILES string of the molecule is Cc1cc(OCC2CCCCC2)c2cc(N)ccc2n1. The van der Waals surface area contributed by atoms with Gasteiger partial charge in [-0.3, -0.25) is 4.98 Å². The van der Waals surface area contributed by atoms with Gasteiger partial charge in [-0.1, -0.05) is 19.3 Å². The Morgan fingerprint density at radius 3 is 2.80 bits per heavy atom. The summed E-state index contributed by atoms with van der Waals surface area (Å²) in [4.78, 5) is 4.54. The molecule has 1 aliphatic rings. The number of aromatic nitrogens is 1. The molecule has 0 amide bonds. The molecule has 0 aliphatic heterocycles. The van der Waals surface area contributed by atoms with Gasteiger partial charge in [0.2, 0.25) is 0 Å². The molecule has 3 nitrogen and oxygen atoms in total. The fraction of sp³-hybridized carbons (Fsp3) is 0.471. The molecule has 1 saturated carbocycles. The summed E-state index contributed by atoms with van der Waals surface area (Å²) in [6.45, 7) is 2.82. The molecule has 0 radical (unpaired) electrons. The van der Waals surface area contributed by atoms with Crippen molar-refractivity contribution >= 4 is 16.6 Å². The molecule has 1 aromatic heterocycles. The third-order valence-corrected chi connectivity index (χ3v) is 4.12. The zero-order valence-electron chi connectivity index (χ0n) is 12.1. The lowest BCUT2D eigenvalue weighted by molar-refractivity contribution is 0.210. The fourth-order valence-corrected chi connectivity index (χ4v) is 3.02. The normalized spacial score (nSPS) is 16.4. The van der Waals surface area contributed by atoms with Gasteiger partial charge in [0.15, 0.2) is 0 Å². The molecule has 1 aromatic carbocycles. The predicted octanol–water partition coefficient (Wildman–Crippen LogP) is 4.08. The van der Waals surface area contributed by atoms with Crippen molar-refractivity contribution in [2.24, 2.45) is 5.92 Å². The molecule has 0 bridgehead atoms. The molecule has 0 spiro atoms. The maximum absolute atomic E-state index is 6.10. The first kappa shape index (κ1) is 13.2. The van der Waals surface area contributed by atoms with Crippen LogP contribution in [0, 0.1) is 12.8 Å². The third-order valence-electron chi connectivity index (χ3n) is 4.12. The minimum Gasteiger partial charge on any atom is -0.493 e. The highest BCUT2D eigenvalue weighted by atomic mass is 16.5. The molecule has 0 atom stereocenters. The van der Waals surface area contributed by atoms with Crippen LogP contribution in [-0.2, 0) is 0 Å². The van der Waals surface area contributed by atoms with Crippen LogP contribution < -0.4 is 10.5 Å². The largest absolute Gasteiger partial charge is 0.493 e. The van der Waals surface area contributed by atoms with Crippen molar-refractivity contribution in [1.82, 2.24) is 4.98 Å². The molecule has 3 rings (SSSR count). The van der Waals surface area contributed by atoms with Crippen molar-refractivity contribution in [1.29, 1.82) is 0 Å². The molecule has 2 aromatic rings. The molecule has 0 saturated heterocycles. The molecule has 1 heterocycles. The maximum atomic E-state index is 6.10. The Balaban J connectivity index is 1.83. The molecular formula is C17H22N2O. The summed E-state index contributed by atoms with van der Waals surface area (Å²) in [6, 6.07) is 7.83. The standard InChI is InChI=1S/C17H22N2O/c1-12-9-17(20-11-13-5-3-2-4-6-13)15-10-14(18)7-8-16(15)19-12/h7-10,13H,2-6,11,18H2,1H3. The summed E-state index contributed by atoms with van der Waals surface area (Å²) in [6.07, 6.45) is 6.66. The number of benzene rings is 1. The summed E-state index contributed by atoms with van der Waals surface area (Å²) < 4.78 is 6.10. The van der Waals surface area contributed by atoms with Gasteiger partial charge in [-0.25, -0.2) is 0 Å². The van der Waals surface area contributed by atoms with Crippen LogP contribution >= 0.6 is 0 Å². The predicted molar refractivity (Wildman–Crippen MR) is 83.0 cm³/mol. The number of nitrogens with zero attached hydrogens (tertiary/aromatic N) is 1. The molecule has 1 fully saturated rings. The lowest BCUT2D eigenvalue weighted by atomic mass is 9.90. The Morgan fingerprint density at radius 2 is 2.00 bits per heavy atom. The Bertz CT molecular complexity index is 603. The molecular weight excluding hydrogens is 248 g/mol. The fourth-order valence-electron chi connectivity index (χ4n) is 3.02. The van der Waals surface area contributed by atoms with Crippen LogP contribution in [0.25, 0.3) is 10.9 Å². The Labute approximate surface area is 120 Å². The van der Waals surface area contributed by atoms with Crippen LogP contribution in [0.15, 0.2) is 24.3 Å². The van der Waals surface area contributed by atoms with Gasteiger partial charge in [0.1, 0.15) is 5.75 Å². The van der Waals surface area contributed by atoms with Crippen LogP contribution in [0.4, 0.5) is 5.69 Å². The highest BCUT2D eigenvalue weighted by Crippen LogP contribution is 2.29. The molecule has 2 N–H and O–H groups in total. The molecule has 3 heteroatoms. The number of fused-ring (bicyclic) bond motifs is 1. The van der Waals surface area contributed by atoms with Gasteiger partial charge >= 0.3 is 0 Å². The number of ether oxygens (including phenoxy) is 1. The van der Waals surface area contributed by atoms with Gasteiger partial charge in [0, 0.05) is 22.8 Å². The van der Waals surface area contributed by atoms with Crippen molar-refractivity contribution in [3.8, 4) is 5.75 Å². The van der Waals surface area contributed by atoms with Gasteiger partial charge < -0.3 is 10.5 Å². The Hall–Kier alpha value is -1.77. The number of nitrogens with two attached hydrogens (primary N) is 1. The zero-order valence-corrected chi connectivity index (χ0v) is 12.1. The molecule has 106 valence electrons. The second-order valence-corrected chi connectivity index (χ2v) is 5.85. The highest BCUT2D eigenvalue weighted by Gasteiger charge is 2.15.